The molecule has 0 aliphatic heterocycles. The summed E-state index contributed by atoms with van der Waals surface area (Å²) in [6, 6.07) is 0. The van der Waals surface area contributed by atoms with Gasteiger partial charge in [0.25, 0.3) is 0 Å². The van der Waals surface area contributed by atoms with Gasteiger partial charge >= 0.3 is 9.28 Å². The highest BCUT2D eigenvalue weighted by Gasteiger charge is 2.26. The van der Waals surface area contributed by atoms with Gasteiger partial charge in [-0.3, -0.25) is 0 Å². The number of hydrogen-bond acceptors (Lipinski definition) is 3. The van der Waals surface area contributed by atoms with Crippen molar-refractivity contribution >= 4 is 21.0 Å². The summed E-state index contributed by atoms with van der Waals surface area (Å²) in [5, 5.41) is 0. The minimum absolute atomic E-state index is 0.592. The zero-order valence-corrected chi connectivity index (χ0v) is 11.7. The summed E-state index contributed by atoms with van der Waals surface area (Å²) < 4.78 is 11.4. The van der Waals surface area contributed by atoms with Crippen LogP contribution < -0.4 is 0 Å². The van der Waals surface area contributed by atoms with Crippen LogP contribution in [0.4, 0.5) is 0 Å². The molecule has 0 saturated carbocycles. The maximum atomic E-state index is 5.71. The third-order valence-corrected chi connectivity index (χ3v) is 5.76. The van der Waals surface area contributed by atoms with Crippen LogP contribution in [0, 0.1) is 0 Å². The Balaban J connectivity index is 4.06. The molecule has 85 valence electrons. The van der Waals surface area contributed by atoms with E-state index in [2.05, 4.69) is 13.8 Å². The number of hydrogen-bond donors (Lipinski definition) is 0. The van der Waals surface area contributed by atoms with Crippen LogP contribution in [0.15, 0.2) is 0 Å². The Morgan fingerprint density at radius 3 is 2.00 bits per heavy atom. The van der Waals surface area contributed by atoms with Crippen LogP contribution in [0.25, 0.3) is 0 Å². The molecular formula is C10H23O2SSi. The van der Waals surface area contributed by atoms with Crippen LogP contribution in [-0.4, -0.2) is 33.1 Å². The van der Waals surface area contributed by atoms with Crippen molar-refractivity contribution in [2.75, 3.05) is 19.0 Å². The fourth-order valence-electron chi connectivity index (χ4n) is 1.24. The van der Waals surface area contributed by atoms with Gasteiger partial charge in [-0.15, -0.1) is 0 Å². The van der Waals surface area contributed by atoms with Crippen LogP contribution in [0.5, 0.6) is 0 Å². The van der Waals surface area contributed by atoms with Gasteiger partial charge < -0.3 is 8.85 Å². The van der Waals surface area contributed by atoms with Crippen LogP contribution in [0.2, 0.25) is 0 Å². The van der Waals surface area contributed by atoms with Crippen molar-refractivity contribution in [3.05, 3.63) is 0 Å². The fourth-order valence-corrected chi connectivity index (χ4v) is 5.05. The topological polar surface area (TPSA) is 18.5 Å². The summed E-state index contributed by atoms with van der Waals surface area (Å²) in [6.45, 7) is 10.1. The summed E-state index contributed by atoms with van der Waals surface area (Å²) in [6.07, 6.45) is 2.43. The highest BCUT2D eigenvalue weighted by molar-refractivity contribution is 8.01. The normalized spacial score (nSPS) is 13.5. The van der Waals surface area contributed by atoms with Gasteiger partial charge in [-0.2, -0.15) is 11.8 Å². The summed E-state index contributed by atoms with van der Waals surface area (Å²) in [5.41, 5.74) is 0. The molecule has 0 spiro atoms. The molecule has 0 bridgehead atoms. The standard InChI is InChI=1S/C10H23O2SSi/c1-5-9-10(13-8-4)14(11-6-2)12-7-3/h10H,5-9H2,1-4H3. The summed E-state index contributed by atoms with van der Waals surface area (Å²) >= 11 is 1.98. The van der Waals surface area contributed by atoms with Gasteiger partial charge in [-0.1, -0.05) is 20.3 Å². The Morgan fingerprint density at radius 1 is 1.07 bits per heavy atom. The smallest absolute Gasteiger partial charge is 0.393 e. The maximum Gasteiger partial charge on any atom is 0.398 e. The van der Waals surface area contributed by atoms with E-state index in [1.807, 2.05) is 25.6 Å². The molecule has 0 heterocycles. The molecule has 0 N–H and O–H groups in total. The molecule has 0 fully saturated rings. The van der Waals surface area contributed by atoms with E-state index >= 15 is 0 Å². The quantitative estimate of drug-likeness (QED) is 0.572. The molecule has 0 amide bonds. The van der Waals surface area contributed by atoms with E-state index in [1.54, 1.807) is 0 Å². The summed E-state index contributed by atoms with van der Waals surface area (Å²) in [5.74, 6) is 1.15. The van der Waals surface area contributed by atoms with Gasteiger partial charge in [-0.25, -0.2) is 0 Å². The Hall–Kier alpha value is 0.487. The second kappa shape index (κ2) is 10.0. The molecule has 0 aromatic carbocycles. The third-order valence-electron chi connectivity index (χ3n) is 1.75. The Morgan fingerprint density at radius 2 is 1.64 bits per heavy atom. The van der Waals surface area contributed by atoms with Crippen LogP contribution in [-0.2, 0) is 8.85 Å². The fraction of sp³-hybridized carbons (Fsp3) is 1.00. The van der Waals surface area contributed by atoms with Gasteiger partial charge in [0.15, 0.2) is 0 Å². The molecule has 0 aromatic heterocycles. The molecule has 14 heavy (non-hydrogen) atoms. The highest BCUT2D eigenvalue weighted by Crippen LogP contribution is 2.20. The van der Waals surface area contributed by atoms with E-state index in [0.29, 0.717) is 4.87 Å². The van der Waals surface area contributed by atoms with Crippen molar-refractivity contribution in [1.29, 1.82) is 0 Å². The van der Waals surface area contributed by atoms with Crippen LogP contribution in [0.1, 0.15) is 40.5 Å². The highest BCUT2D eigenvalue weighted by atomic mass is 32.2. The molecule has 0 saturated heterocycles. The second-order valence-corrected chi connectivity index (χ2v) is 6.73. The van der Waals surface area contributed by atoms with Crippen molar-refractivity contribution in [3.8, 4) is 0 Å². The van der Waals surface area contributed by atoms with E-state index < -0.39 is 9.28 Å². The third kappa shape index (κ3) is 6.06. The molecule has 1 atom stereocenters. The van der Waals surface area contributed by atoms with Gasteiger partial charge in [0, 0.05) is 13.2 Å². The predicted octanol–water partition coefficient (Wildman–Crippen LogP) is 3.01. The first-order valence-electron chi connectivity index (χ1n) is 5.54. The Bertz CT molecular complexity index is 98.7. The molecule has 0 rings (SSSR count). The van der Waals surface area contributed by atoms with E-state index in [9.17, 15) is 0 Å². The monoisotopic (exact) mass is 235 g/mol. The second-order valence-electron chi connectivity index (χ2n) is 2.92. The average Bonchev–Trinajstić information content (AvgIpc) is 2.17. The number of thioether (sulfide) groups is 1. The summed E-state index contributed by atoms with van der Waals surface area (Å²) in [4.78, 5) is 0.592. The van der Waals surface area contributed by atoms with Crippen molar-refractivity contribution in [3.63, 3.8) is 0 Å². The SMILES string of the molecule is CCCC(SCC)[Si](OCC)OCC. The first kappa shape index (κ1) is 14.5. The zero-order chi connectivity index (χ0) is 10.8. The van der Waals surface area contributed by atoms with Gasteiger partial charge in [0.05, 0.1) is 4.87 Å². The first-order chi connectivity index (χ1) is 6.79. The lowest BCUT2D eigenvalue weighted by Crippen LogP contribution is -2.35. The number of rotatable bonds is 9. The molecular weight excluding hydrogens is 212 g/mol. The maximum absolute atomic E-state index is 5.71. The van der Waals surface area contributed by atoms with Gasteiger partial charge in [0.1, 0.15) is 0 Å². The van der Waals surface area contributed by atoms with Crippen molar-refractivity contribution in [1.82, 2.24) is 0 Å². The van der Waals surface area contributed by atoms with Crippen LogP contribution in [0.3, 0.4) is 0 Å². The lowest BCUT2D eigenvalue weighted by atomic mass is 10.4. The zero-order valence-electron chi connectivity index (χ0n) is 9.84. The molecule has 0 aliphatic rings. The largest absolute Gasteiger partial charge is 0.398 e. The minimum atomic E-state index is -1.05. The van der Waals surface area contributed by atoms with Crippen molar-refractivity contribution in [2.45, 2.75) is 45.4 Å². The Labute approximate surface area is 94.6 Å². The molecule has 1 unspecified atom stereocenters. The molecule has 1 radical (unpaired) electrons. The van der Waals surface area contributed by atoms with Crippen molar-refractivity contribution in [2.24, 2.45) is 0 Å². The van der Waals surface area contributed by atoms with E-state index in [0.717, 1.165) is 19.0 Å². The van der Waals surface area contributed by atoms with Gasteiger partial charge in [-0.05, 0) is 26.0 Å². The van der Waals surface area contributed by atoms with E-state index in [1.165, 1.54) is 12.8 Å². The average molecular weight is 235 g/mol. The van der Waals surface area contributed by atoms with Crippen molar-refractivity contribution < 1.29 is 8.85 Å². The summed E-state index contributed by atoms with van der Waals surface area (Å²) in [7, 11) is -1.05. The molecule has 4 heteroatoms. The van der Waals surface area contributed by atoms with E-state index in [4.69, 9.17) is 8.85 Å². The van der Waals surface area contributed by atoms with Gasteiger partial charge in [0.2, 0.25) is 0 Å². The molecule has 0 aromatic rings. The lowest BCUT2D eigenvalue weighted by Gasteiger charge is -2.22. The first-order valence-corrected chi connectivity index (χ1v) is 7.98. The Kier molecular flexibility index (Phi) is 10.4. The lowest BCUT2D eigenvalue weighted by molar-refractivity contribution is 0.211. The minimum Gasteiger partial charge on any atom is -0.393 e. The van der Waals surface area contributed by atoms with Crippen LogP contribution >= 0.6 is 11.8 Å². The van der Waals surface area contributed by atoms with E-state index in [-0.39, 0.29) is 0 Å². The predicted molar refractivity (Wildman–Crippen MR) is 65.8 cm³/mol. The molecule has 2 nitrogen and oxygen atoms in total. The molecule has 0 aliphatic carbocycles.